The Kier molecular flexibility index (Phi) is 6.87. The van der Waals surface area contributed by atoms with Crippen molar-refractivity contribution >= 4 is 23.4 Å². The van der Waals surface area contributed by atoms with Crippen LogP contribution in [-0.2, 0) is 19.8 Å². The first-order valence-corrected chi connectivity index (χ1v) is 10.7. The van der Waals surface area contributed by atoms with E-state index in [-0.39, 0.29) is 36.1 Å². The van der Waals surface area contributed by atoms with Gasteiger partial charge in [0.05, 0.1) is 13.0 Å². The van der Waals surface area contributed by atoms with Gasteiger partial charge in [-0.15, -0.1) is 0 Å². The van der Waals surface area contributed by atoms with Gasteiger partial charge < -0.3 is 20.3 Å². The third kappa shape index (κ3) is 5.28. The van der Waals surface area contributed by atoms with Crippen LogP contribution < -0.4 is 15.4 Å². The minimum absolute atomic E-state index is 0.00750. The van der Waals surface area contributed by atoms with Crippen molar-refractivity contribution < 1.29 is 19.1 Å². The molecule has 3 rings (SSSR count). The molecule has 170 valence electrons. The quantitative estimate of drug-likeness (QED) is 0.726. The van der Waals surface area contributed by atoms with E-state index < -0.39 is 12.0 Å². The Morgan fingerprint density at radius 3 is 2.22 bits per heavy atom. The SMILES string of the molecule is COc1ccc([C@H](C(=O)Nc2ccc(C(C)(C)C)cc2)N(C)C(=O)[C@@H]2CNC(=O)C2)cc1. The van der Waals surface area contributed by atoms with Gasteiger partial charge in [0.2, 0.25) is 11.8 Å². The molecule has 0 unspecified atom stereocenters. The highest BCUT2D eigenvalue weighted by molar-refractivity contribution is 5.99. The molecule has 2 aromatic rings. The Hall–Kier alpha value is -3.35. The number of ether oxygens (including phenoxy) is 1. The van der Waals surface area contributed by atoms with E-state index in [0.29, 0.717) is 17.0 Å². The van der Waals surface area contributed by atoms with Gasteiger partial charge in [0.15, 0.2) is 0 Å². The number of rotatable bonds is 6. The smallest absolute Gasteiger partial charge is 0.251 e. The van der Waals surface area contributed by atoms with Crippen LogP contribution >= 0.6 is 0 Å². The molecular formula is C25H31N3O4. The van der Waals surface area contributed by atoms with Crippen molar-refractivity contribution in [3.8, 4) is 5.75 Å². The monoisotopic (exact) mass is 437 g/mol. The van der Waals surface area contributed by atoms with E-state index in [4.69, 9.17) is 4.74 Å². The van der Waals surface area contributed by atoms with Gasteiger partial charge in [-0.1, -0.05) is 45.0 Å². The van der Waals surface area contributed by atoms with Crippen molar-refractivity contribution in [3.05, 3.63) is 59.7 Å². The Labute approximate surface area is 189 Å². The fourth-order valence-corrected chi connectivity index (χ4v) is 3.80. The molecular weight excluding hydrogens is 406 g/mol. The summed E-state index contributed by atoms with van der Waals surface area (Å²) in [4.78, 5) is 39.4. The summed E-state index contributed by atoms with van der Waals surface area (Å²) >= 11 is 0. The Balaban J connectivity index is 1.86. The third-order valence-corrected chi connectivity index (χ3v) is 5.76. The summed E-state index contributed by atoms with van der Waals surface area (Å²) in [6.07, 6.45) is 0.133. The highest BCUT2D eigenvalue weighted by Crippen LogP contribution is 2.28. The predicted molar refractivity (Wildman–Crippen MR) is 123 cm³/mol. The zero-order chi connectivity index (χ0) is 23.5. The van der Waals surface area contributed by atoms with Gasteiger partial charge in [-0.25, -0.2) is 0 Å². The highest BCUT2D eigenvalue weighted by atomic mass is 16.5. The van der Waals surface area contributed by atoms with E-state index in [2.05, 4.69) is 31.4 Å². The number of nitrogens with zero attached hydrogens (tertiary/aromatic N) is 1. The Morgan fingerprint density at radius 2 is 1.72 bits per heavy atom. The fraction of sp³-hybridized carbons (Fsp3) is 0.400. The average Bonchev–Trinajstić information content (AvgIpc) is 3.19. The van der Waals surface area contributed by atoms with Gasteiger partial charge in [-0.2, -0.15) is 0 Å². The molecule has 0 bridgehead atoms. The van der Waals surface area contributed by atoms with Crippen LogP contribution in [0, 0.1) is 5.92 Å². The summed E-state index contributed by atoms with van der Waals surface area (Å²) in [6, 6.07) is 13.9. The number of likely N-dealkylation sites (N-methyl/N-ethyl adjacent to an activating group) is 1. The van der Waals surface area contributed by atoms with Crippen LogP contribution in [0.4, 0.5) is 5.69 Å². The van der Waals surface area contributed by atoms with Gasteiger partial charge in [-0.05, 0) is 40.8 Å². The number of carbonyl (C=O) groups excluding carboxylic acids is 3. The van der Waals surface area contributed by atoms with Gasteiger partial charge in [0, 0.05) is 25.7 Å². The second-order valence-electron chi connectivity index (χ2n) is 9.15. The van der Waals surface area contributed by atoms with E-state index in [1.807, 2.05) is 24.3 Å². The van der Waals surface area contributed by atoms with Crippen molar-refractivity contribution in [2.24, 2.45) is 5.92 Å². The standard InChI is InChI=1S/C25H31N3O4/c1-25(2,3)18-8-10-19(11-9-18)27-23(30)22(16-6-12-20(32-5)13-7-16)28(4)24(31)17-14-21(29)26-15-17/h6-13,17,22H,14-15H2,1-5H3,(H,26,29)(H,27,30)/t17-,22+/m0/s1. The lowest BCUT2D eigenvalue weighted by Crippen LogP contribution is -2.42. The van der Waals surface area contributed by atoms with E-state index in [9.17, 15) is 14.4 Å². The molecule has 2 aromatic carbocycles. The molecule has 7 heteroatoms. The molecule has 7 nitrogen and oxygen atoms in total. The number of amides is 3. The summed E-state index contributed by atoms with van der Waals surface area (Å²) in [7, 11) is 3.17. The largest absolute Gasteiger partial charge is 0.497 e. The van der Waals surface area contributed by atoms with Crippen molar-refractivity contribution in [3.63, 3.8) is 0 Å². The van der Waals surface area contributed by atoms with Crippen LogP contribution in [0.3, 0.4) is 0 Å². The zero-order valence-corrected chi connectivity index (χ0v) is 19.3. The van der Waals surface area contributed by atoms with E-state index in [1.54, 1.807) is 38.4 Å². The van der Waals surface area contributed by atoms with Crippen LogP contribution in [0.2, 0.25) is 0 Å². The van der Waals surface area contributed by atoms with Gasteiger partial charge in [0.25, 0.3) is 5.91 Å². The molecule has 0 spiro atoms. The van der Waals surface area contributed by atoms with E-state index >= 15 is 0 Å². The third-order valence-electron chi connectivity index (χ3n) is 5.76. The summed E-state index contributed by atoms with van der Waals surface area (Å²) in [6.45, 7) is 6.67. The molecule has 1 heterocycles. The van der Waals surface area contributed by atoms with Gasteiger partial charge in [-0.3, -0.25) is 14.4 Å². The minimum atomic E-state index is -0.855. The van der Waals surface area contributed by atoms with Gasteiger partial charge >= 0.3 is 0 Å². The summed E-state index contributed by atoms with van der Waals surface area (Å²) in [5, 5.41) is 5.62. The van der Waals surface area contributed by atoms with E-state index in [0.717, 1.165) is 5.56 Å². The number of methoxy groups -OCH3 is 1. The van der Waals surface area contributed by atoms with Crippen molar-refractivity contribution in [1.82, 2.24) is 10.2 Å². The maximum Gasteiger partial charge on any atom is 0.251 e. The minimum Gasteiger partial charge on any atom is -0.497 e. The zero-order valence-electron chi connectivity index (χ0n) is 19.3. The van der Waals surface area contributed by atoms with Crippen LogP contribution in [-0.4, -0.2) is 43.3 Å². The molecule has 32 heavy (non-hydrogen) atoms. The molecule has 2 N–H and O–H groups in total. The molecule has 1 fully saturated rings. The van der Waals surface area contributed by atoms with Crippen LogP contribution in [0.1, 0.15) is 44.4 Å². The average molecular weight is 438 g/mol. The van der Waals surface area contributed by atoms with Crippen LogP contribution in [0.5, 0.6) is 5.75 Å². The predicted octanol–water partition coefficient (Wildman–Crippen LogP) is 3.27. The first-order chi connectivity index (χ1) is 15.1. The normalized spacial score (nSPS) is 16.8. The Morgan fingerprint density at radius 1 is 1.09 bits per heavy atom. The number of nitrogens with one attached hydrogen (secondary N) is 2. The lowest BCUT2D eigenvalue weighted by molar-refractivity contribution is -0.140. The maximum absolute atomic E-state index is 13.4. The lowest BCUT2D eigenvalue weighted by atomic mass is 9.87. The number of hydrogen-bond acceptors (Lipinski definition) is 4. The number of benzene rings is 2. The van der Waals surface area contributed by atoms with Crippen molar-refractivity contribution in [1.29, 1.82) is 0 Å². The first kappa shape index (κ1) is 23.3. The summed E-state index contributed by atoms with van der Waals surface area (Å²) in [5.41, 5.74) is 2.48. The number of hydrogen-bond donors (Lipinski definition) is 2. The molecule has 0 saturated carbocycles. The summed E-state index contributed by atoms with van der Waals surface area (Å²) < 4.78 is 5.22. The summed E-state index contributed by atoms with van der Waals surface area (Å²) in [5.74, 6) is -0.548. The fourth-order valence-electron chi connectivity index (χ4n) is 3.80. The van der Waals surface area contributed by atoms with Gasteiger partial charge in [0.1, 0.15) is 11.8 Å². The van der Waals surface area contributed by atoms with Crippen molar-refractivity contribution in [2.75, 3.05) is 26.0 Å². The molecule has 1 aliphatic heterocycles. The van der Waals surface area contributed by atoms with Crippen molar-refractivity contribution in [2.45, 2.75) is 38.6 Å². The lowest BCUT2D eigenvalue weighted by Gasteiger charge is -2.29. The Bertz CT molecular complexity index is 978. The molecule has 0 aliphatic carbocycles. The molecule has 3 amide bonds. The molecule has 2 atom stereocenters. The highest BCUT2D eigenvalue weighted by Gasteiger charge is 2.36. The number of carbonyl (C=O) groups is 3. The second kappa shape index (κ2) is 9.42. The van der Waals surface area contributed by atoms with Crippen LogP contribution in [0.25, 0.3) is 0 Å². The first-order valence-electron chi connectivity index (χ1n) is 10.7. The number of anilines is 1. The second-order valence-corrected chi connectivity index (χ2v) is 9.15. The van der Waals surface area contributed by atoms with E-state index in [1.165, 1.54) is 4.90 Å². The molecule has 1 saturated heterocycles. The molecule has 0 radical (unpaired) electrons. The topological polar surface area (TPSA) is 87.7 Å². The molecule has 1 aliphatic rings. The van der Waals surface area contributed by atoms with Crippen LogP contribution in [0.15, 0.2) is 48.5 Å². The molecule has 0 aromatic heterocycles. The maximum atomic E-state index is 13.4.